The van der Waals surface area contributed by atoms with E-state index in [1.165, 1.54) is 30.7 Å². The minimum absolute atomic E-state index is 0.0433. The van der Waals surface area contributed by atoms with Gasteiger partial charge in [0.2, 0.25) is 0 Å². The zero-order chi connectivity index (χ0) is 14.0. The number of nitrogens with zero attached hydrogens (tertiary/aromatic N) is 1. The second-order valence-electron chi connectivity index (χ2n) is 3.65. The fourth-order valence-corrected chi connectivity index (χ4v) is 2.39. The highest BCUT2D eigenvalue weighted by Crippen LogP contribution is 2.29. The van der Waals surface area contributed by atoms with Crippen molar-refractivity contribution < 1.29 is 19.4 Å². The smallest absolute Gasteiger partial charge is 0.348 e. The first-order valence-corrected chi connectivity index (χ1v) is 6.07. The van der Waals surface area contributed by atoms with Gasteiger partial charge in [-0.1, -0.05) is 0 Å². The molecule has 2 aromatic rings. The van der Waals surface area contributed by atoms with E-state index in [1.54, 1.807) is 11.4 Å². The molecular weight excluding hydrogens is 268 g/mol. The zero-order valence-corrected chi connectivity index (χ0v) is 10.7. The molecule has 0 radical (unpaired) electrons. The van der Waals surface area contributed by atoms with Crippen LogP contribution in [0.1, 0.15) is 20.0 Å². The van der Waals surface area contributed by atoms with E-state index in [2.05, 4.69) is 9.72 Å². The quantitative estimate of drug-likeness (QED) is 0.831. The molecule has 0 aliphatic rings. The van der Waals surface area contributed by atoms with E-state index in [0.717, 1.165) is 0 Å². The van der Waals surface area contributed by atoms with Gasteiger partial charge in [-0.05, 0) is 23.1 Å². The van der Waals surface area contributed by atoms with Crippen molar-refractivity contribution in [3.63, 3.8) is 0 Å². The molecule has 19 heavy (non-hydrogen) atoms. The Balaban J connectivity index is 2.50. The Bertz CT molecular complexity index is 651. The number of aromatic carboxylic acids is 1. The molecule has 0 spiro atoms. The maximum Gasteiger partial charge on any atom is 0.348 e. The summed E-state index contributed by atoms with van der Waals surface area (Å²) in [4.78, 5) is 26.8. The van der Waals surface area contributed by atoms with Crippen molar-refractivity contribution in [2.45, 2.75) is 0 Å². The van der Waals surface area contributed by atoms with Gasteiger partial charge in [-0.3, -0.25) is 0 Å². The lowest BCUT2D eigenvalue weighted by Crippen LogP contribution is -2.02. The Hall–Kier alpha value is -2.41. The summed E-state index contributed by atoms with van der Waals surface area (Å²) in [5.74, 6) is -1.43. The molecule has 2 heterocycles. The third-order valence-corrected chi connectivity index (χ3v) is 3.36. The van der Waals surface area contributed by atoms with E-state index in [1.807, 2.05) is 0 Å². The van der Waals surface area contributed by atoms with Crippen LogP contribution in [-0.4, -0.2) is 29.1 Å². The third kappa shape index (κ3) is 2.55. The van der Waals surface area contributed by atoms with Crippen LogP contribution in [0.25, 0.3) is 11.1 Å². The molecule has 0 bridgehead atoms. The molecule has 0 saturated carbocycles. The molecule has 0 aromatic carbocycles. The van der Waals surface area contributed by atoms with Gasteiger partial charge in [-0.25, -0.2) is 14.6 Å². The van der Waals surface area contributed by atoms with Gasteiger partial charge >= 0.3 is 11.9 Å². The van der Waals surface area contributed by atoms with Crippen molar-refractivity contribution in [1.29, 1.82) is 0 Å². The Kier molecular flexibility index (Phi) is 3.48. The lowest BCUT2D eigenvalue weighted by Gasteiger charge is -2.04. The third-order valence-electron chi connectivity index (χ3n) is 2.45. The number of hydrogen-bond donors (Lipinski definition) is 2. The number of methoxy groups -OCH3 is 1. The fourth-order valence-electron chi connectivity index (χ4n) is 1.56. The molecule has 3 N–H and O–H groups in total. The molecule has 98 valence electrons. The first kappa shape index (κ1) is 13.0. The van der Waals surface area contributed by atoms with Crippen LogP contribution in [0, 0.1) is 0 Å². The summed E-state index contributed by atoms with van der Waals surface area (Å²) in [6.45, 7) is 0. The van der Waals surface area contributed by atoms with Crippen molar-refractivity contribution in [3.8, 4) is 11.1 Å². The highest BCUT2D eigenvalue weighted by molar-refractivity contribution is 7.12. The van der Waals surface area contributed by atoms with Crippen molar-refractivity contribution in [1.82, 2.24) is 4.98 Å². The second-order valence-corrected chi connectivity index (χ2v) is 4.56. The van der Waals surface area contributed by atoms with Crippen molar-refractivity contribution in [3.05, 3.63) is 34.2 Å². The van der Waals surface area contributed by atoms with Crippen molar-refractivity contribution in [2.75, 3.05) is 12.8 Å². The number of carboxylic acid groups (broad SMARTS) is 1. The highest BCUT2D eigenvalue weighted by Gasteiger charge is 2.16. The monoisotopic (exact) mass is 278 g/mol. The Morgan fingerprint density at radius 1 is 1.42 bits per heavy atom. The minimum Gasteiger partial charge on any atom is -0.478 e. The summed E-state index contributed by atoms with van der Waals surface area (Å²) in [5, 5.41) is 10.8. The summed E-state index contributed by atoms with van der Waals surface area (Å²) in [7, 11) is 1.29. The average Bonchev–Trinajstić information content (AvgIpc) is 2.87. The van der Waals surface area contributed by atoms with Crippen LogP contribution in [0.3, 0.4) is 0 Å². The predicted octanol–water partition coefficient (Wildman–Crippen LogP) is 1.88. The molecule has 0 atom stereocenters. The van der Waals surface area contributed by atoms with E-state index < -0.39 is 11.9 Å². The number of carbonyl (C=O) groups is 2. The molecule has 2 aromatic heterocycles. The van der Waals surface area contributed by atoms with Gasteiger partial charge in [-0.15, -0.1) is 11.3 Å². The van der Waals surface area contributed by atoms with Crippen molar-refractivity contribution in [2.24, 2.45) is 0 Å². The number of nitrogens with two attached hydrogens (primary N) is 1. The maximum atomic E-state index is 11.4. The van der Waals surface area contributed by atoms with E-state index in [-0.39, 0.29) is 11.4 Å². The normalized spacial score (nSPS) is 10.2. The van der Waals surface area contributed by atoms with E-state index >= 15 is 0 Å². The summed E-state index contributed by atoms with van der Waals surface area (Å²) in [6.07, 6.45) is 1.38. The van der Waals surface area contributed by atoms with Crippen LogP contribution in [0.5, 0.6) is 0 Å². The molecule has 0 fully saturated rings. The van der Waals surface area contributed by atoms with Gasteiger partial charge < -0.3 is 15.6 Å². The number of aromatic nitrogens is 1. The maximum absolute atomic E-state index is 11.4. The molecule has 0 aliphatic carbocycles. The van der Waals surface area contributed by atoms with E-state index in [9.17, 15) is 9.59 Å². The zero-order valence-electron chi connectivity index (χ0n) is 9.91. The number of anilines is 1. The first-order valence-electron chi connectivity index (χ1n) is 5.19. The van der Waals surface area contributed by atoms with Crippen LogP contribution in [0.4, 0.5) is 5.82 Å². The van der Waals surface area contributed by atoms with Gasteiger partial charge in [0.1, 0.15) is 10.7 Å². The summed E-state index contributed by atoms with van der Waals surface area (Å²) >= 11 is 1.18. The standard InChI is InChI=1S/C12H10N2O4S/c1-18-12(17)9-2-6(5-19-9)8-4-14-10(13)3-7(8)11(15)16/h2-5H,1H3,(H2,13,14)(H,15,16). The van der Waals surface area contributed by atoms with Gasteiger partial charge in [0.25, 0.3) is 0 Å². The predicted molar refractivity (Wildman–Crippen MR) is 70.3 cm³/mol. The Morgan fingerprint density at radius 3 is 2.79 bits per heavy atom. The number of pyridine rings is 1. The van der Waals surface area contributed by atoms with Gasteiger partial charge in [-0.2, -0.15) is 0 Å². The van der Waals surface area contributed by atoms with E-state index in [4.69, 9.17) is 10.8 Å². The van der Waals surface area contributed by atoms with Gasteiger partial charge in [0.05, 0.1) is 12.7 Å². The lowest BCUT2D eigenvalue weighted by atomic mass is 10.0. The largest absolute Gasteiger partial charge is 0.478 e. The number of thiophene rings is 1. The molecule has 7 heteroatoms. The number of carbonyl (C=O) groups excluding carboxylic acids is 1. The van der Waals surface area contributed by atoms with Crippen LogP contribution >= 0.6 is 11.3 Å². The second kappa shape index (κ2) is 5.07. The molecule has 6 nitrogen and oxygen atoms in total. The number of rotatable bonds is 3. The van der Waals surface area contributed by atoms with Crippen LogP contribution in [0.15, 0.2) is 23.7 Å². The molecule has 0 amide bonds. The fraction of sp³-hybridized carbons (Fsp3) is 0.0833. The lowest BCUT2D eigenvalue weighted by molar-refractivity contribution is 0.0605. The molecule has 2 rings (SSSR count). The topological polar surface area (TPSA) is 103 Å². The van der Waals surface area contributed by atoms with Crippen LogP contribution < -0.4 is 5.73 Å². The number of hydrogen-bond acceptors (Lipinski definition) is 6. The summed E-state index contributed by atoms with van der Waals surface area (Å²) in [5.41, 5.74) is 6.52. The first-order chi connectivity index (χ1) is 9.02. The minimum atomic E-state index is -1.10. The Labute approximate surface area is 112 Å². The van der Waals surface area contributed by atoms with Crippen LogP contribution in [0.2, 0.25) is 0 Å². The Morgan fingerprint density at radius 2 is 2.16 bits per heavy atom. The van der Waals surface area contributed by atoms with Gasteiger partial charge in [0, 0.05) is 11.8 Å². The number of esters is 1. The average molecular weight is 278 g/mol. The van der Waals surface area contributed by atoms with Gasteiger partial charge in [0.15, 0.2) is 0 Å². The number of nitrogen functional groups attached to an aromatic ring is 1. The number of carboxylic acids is 1. The molecule has 0 unspecified atom stereocenters. The van der Waals surface area contributed by atoms with Crippen LogP contribution in [-0.2, 0) is 4.74 Å². The SMILES string of the molecule is COC(=O)c1cc(-c2cnc(N)cc2C(=O)O)cs1. The van der Waals surface area contributed by atoms with Crippen molar-refractivity contribution >= 4 is 29.1 Å². The summed E-state index contributed by atoms with van der Waals surface area (Å²) < 4.78 is 4.60. The number of ether oxygens (including phenoxy) is 1. The van der Waals surface area contributed by atoms with E-state index in [0.29, 0.717) is 16.0 Å². The molecule has 0 aliphatic heterocycles. The highest BCUT2D eigenvalue weighted by atomic mass is 32.1. The molecule has 0 saturated heterocycles. The molecular formula is C12H10N2O4S. The summed E-state index contributed by atoms with van der Waals surface area (Å²) in [6, 6.07) is 2.85.